The van der Waals surface area contributed by atoms with Gasteiger partial charge in [0.25, 0.3) is 0 Å². The van der Waals surface area contributed by atoms with Gasteiger partial charge in [0.1, 0.15) is 0 Å². The van der Waals surface area contributed by atoms with E-state index in [-0.39, 0.29) is 6.10 Å². The number of hydrogen-bond acceptors (Lipinski definition) is 2. The molecule has 2 nitrogen and oxygen atoms in total. The molecule has 62 valence electrons. The van der Waals surface area contributed by atoms with Gasteiger partial charge in [-0.05, 0) is 19.8 Å². The third kappa shape index (κ3) is 2.67. The molecular formula is C8H18O2. The van der Waals surface area contributed by atoms with Gasteiger partial charge in [-0.1, -0.05) is 13.8 Å². The molecule has 0 saturated carbocycles. The van der Waals surface area contributed by atoms with Crippen molar-refractivity contribution in [2.75, 3.05) is 7.11 Å². The van der Waals surface area contributed by atoms with Crippen molar-refractivity contribution in [2.24, 2.45) is 5.92 Å². The maximum atomic E-state index is 9.52. The predicted molar refractivity (Wildman–Crippen MR) is 41.9 cm³/mol. The summed E-state index contributed by atoms with van der Waals surface area (Å²) in [4.78, 5) is 0. The van der Waals surface area contributed by atoms with Gasteiger partial charge in [-0.3, -0.25) is 0 Å². The Balaban J connectivity index is 4.07. The number of hydrogen-bond donors (Lipinski definition) is 1. The Bertz CT molecular complexity index is 91.9. The summed E-state index contributed by atoms with van der Waals surface area (Å²) in [6.07, 6.45) is -0.0764. The molecule has 0 aromatic carbocycles. The number of aliphatic hydroxyl groups is 1. The fraction of sp³-hybridized carbons (Fsp3) is 1.00. The number of methoxy groups -OCH3 is 1. The zero-order chi connectivity index (χ0) is 8.36. The average Bonchev–Trinajstić information content (AvgIpc) is 1.60. The van der Waals surface area contributed by atoms with Crippen LogP contribution in [0.1, 0.15) is 27.7 Å². The molecule has 2 heteroatoms. The van der Waals surface area contributed by atoms with E-state index in [0.717, 1.165) is 0 Å². The van der Waals surface area contributed by atoms with Gasteiger partial charge < -0.3 is 9.84 Å². The molecule has 0 heterocycles. The number of rotatable bonds is 3. The highest BCUT2D eigenvalue weighted by atomic mass is 16.5. The molecule has 0 aliphatic rings. The molecule has 1 atom stereocenters. The van der Waals surface area contributed by atoms with Gasteiger partial charge >= 0.3 is 0 Å². The second-order valence-electron chi connectivity index (χ2n) is 3.55. The van der Waals surface area contributed by atoms with Gasteiger partial charge in [-0.2, -0.15) is 0 Å². The largest absolute Gasteiger partial charge is 0.388 e. The molecular weight excluding hydrogens is 128 g/mol. The van der Waals surface area contributed by atoms with Crippen molar-refractivity contribution in [3.8, 4) is 0 Å². The molecule has 0 aliphatic carbocycles. The summed E-state index contributed by atoms with van der Waals surface area (Å²) in [7, 11) is 1.63. The van der Waals surface area contributed by atoms with Crippen LogP contribution in [0.3, 0.4) is 0 Å². The monoisotopic (exact) mass is 146 g/mol. The Labute approximate surface area is 63.2 Å². The van der Waals surface area contributed by atoms with Gasteiger partial charge in [0.2, 0.25) is 0 Å². The molecule has 0 rings (SSSR count). The topological polar surface area (TPSA) is 29.5 Å². The van der Waals surface area contributed by atoms with Crippen LogP contribution >= 0.6 is 0 Å². The first-order valence-corrected chi connectivity index (χ1v) is 3.64. The van der Waals surface area contributed by atoms with Crippen LogP contribution in [0.5, 0.6) is 0 Å². The summed E-state index contributed by atoms with van der Waals surface area (Å²) in [5.41, 5.74) is -0.733. The summed E-state index contributed by atoms with van der Waals surface area (Å²) in [5, 5.41) is 9.52. The maximum absolute atomic E-state index is 9.52. The summed E-state index contributed by atoms with van der Waals surface area (Å²) in [6, 6.07) is 0. The third-order valence-corrected chi connectivity index (χ3v) is 1.56. The lowest BCUT2D eigenvalue weighted by molar-refractivity contribution is -0.0908. The van der Waals surface area contributed by atoms with Crippen LogP contribution in [0.2, 0.25) is 0 Å². The van der Waals surface area contributed by atoms with Crippen molar-refractivity contribution < 1.29 is 9.84 Å². The fourth-order valence-corrected chi connectivity index (χ4v) is 1.38. The van der Waals surface area contributed by atoms with Crippen molar-refractivity contribution in [3.63, 3.8) is 0 Å². The smallest absolute Gasteiger partial charge is 0.0875 e. The highest BCUT2D eigenvalue weighted by molar-refractivity contribution is 4.79. The molecule has 0 spiro atoms. The highest BCUT2D eigenvalue weighted by Gasteiger charge is 2.28. The molecule has 0 amide bonds. The van der Waals surface area contributed by atoms with Crippen LogP contribution in [-0.2, 0) is 4.74 Å². The molecule has 10 heavy (non-hydrogen) atoms. The lowest BCUT2D eigenvalue weighted by Gasteiger charge is -2.30. The first-order valence-electron chi connectivity index (χ1n) is 3.64. The third-order valence-electron chi connectivity index (χ3n) is 1.56. The Kier molecular flexibility index (Phi) is 3.33. The first kappa shape index (κ1) is 9.92. The standard InChI is InChI=1S/C8H18O2/c1-6(2)7(10-5)8(3,4)9/h6-7,9H,1-5H3/t7-/m1/s1. The van der Waals surface area contributed by atoms with E-state index in [9.17, 15) is 5.11 Å². The van der Waals surface area contributed by atoms with Crippen LogP contribution in [-0.4, -0.2) is 23.9 Å². The van der Waals surface area contributed by atoms with Crippen LogP contribution in [0, 0.1) is 5.92 Å². The van der Waals surface area contributed by atoms with Crippen molar-refractivity contribution in [1.29, 1.82) is 0 Å². The normalized spacial score (nSPS) is 15.9. The second kappa shape index (κ2) is 3.35. The van der Waals surface area contributed by atoms with E-state index in [2.05, 4.69) is 0 Å². The van der Waals surface area contributed by atoms with Gasteiger partial charge in [0, 0.05) is 7.11 Å². The second-order valence-corrected chi connectivity index (χ2v) is 3.55. The van der Waals surface area contributed by atoms with E-state index in [1.807, 2.05) is 13.8 Å². The predicted octanol–water partition coefficient (Wildman–Crippen LogP) is 1.43. The summed E-state index contributed by atoms with van der Waals surface area (Å²) in [6.45, 7) is 7.60. The zero-order valence-corrected chi connectivity index (χ0v) is 7.51. The molecule has 0 unspecified atom stereocenters. The van der Waals surface area contributed by atoms with Crippen LogP contribution in [0.15, 0.2) is 0 Å². The molecule has 1 N–H and O–H groups in total. The van der Waals surface area contributed by atoms with E-state index >= 15 is 0 Å². The van der Waals surface area contributed by atoms with Gasteiger partial charge in [-0.15, -0.1) is 0 Å². The summed E-state index contributed by atoms with van der Waals surface area (Å²) < 4.78 is 5.13. The van der Waals surface area contributed by atoms with Gasteiger partial charge in [-0.25, -0.2) is 0 Å². The van der Waals surface area contributed by atoms with Crippen molar-refractivity contribution in [3.05, 3.63) is 0 Å². The SMILES string of the molecule is CO[C@H](C(C)C)C(C)(C)O. The molecule has 0 aliphatic heterocycles. The van der Waals surface area contributed by atoms with Crippen molar-refractivity contribution in [1.82, 2.24) is 0 Å². The Morgan fingerprint density at radius 1 is 1.30 bits per heavy atom. The van der Waals surface area contributed by atoms with E-state index in [1.54, 1.807) is 21.0 Å². The Morgan fingerprint density at radius 3 is 1.70 bits per heavy atom. The zero-order valence-electron chi connectivity index (χ0n) is 7.51. The van der Waals surface area contributed by atoms with Gasteiger partial charge in [0.15, 0.2) is 0 Å². The highest BCUT2D eigenvalue weighted by Crippen LogP contribution is 2.18. The van der Waals surface area contributed by atoms with E-state index in [0.29, 0.717) is 5.92 Å². The first-order chi connectivity index (χ1) is 4.39. The van der Waals surface area contributed by atoms with Gasteiger partial charge in [0.05, 0.1) is 11.7 Å². The lowest BCUT2D eigenvalue weighted by Crippen LogP contribution is -2.41. The minimum Gasteiger partial charge on any atom is -0.388 e. The van der Waals surface area contributed by atoms with Crippen LogP contribution in [0.25, 0.3) is 0 Å². The Hall–Kier alpha value is -0.0800. The average molecular weight is 146 g/mol. The number of ether oxygens (including phenoxy) is 1. The van der Waals surface area contributed by atoms with E-state index in [4.69, 9.17) is 4.74 Å². The fourth-order valence-electron chi connectivity index (χ4n) is 1.38. The van der Waals surface area contributed by atoms with E-state index in [1.165, 1.54) is 0 Å². The maximum Gasteiger partial charge on any atom is 0.0875 e. The molecule has 0 aromatic rings. The lowest BCUT2D eigenvalue weighted by atomic mass is 9.92. The molecule has 0 bridgehead atoms. The van der Waals surface area contributed by atoms with Crippen molar-refractivity contribution in [2.45, 2.75) is 39.4 Å². The summed E-state index contributed by atoms with van der Waals surface area (Å²) in [5.74, 6) is 0.352. The Morgan fingerprint density at radius 2 is 1.70 bits per heavy atom. The molecule has 0 fully saturated rings. The molecule has 0 radical (unpaired) electrons. The van der Waals surface area contributed by atoms with Crippen molar-refractivity contribution >= 4 is 0 Å². The molecule has 0 saturated heterocycles. The summed E-state index contributed by atoms with van der Waals surface area (Å²) >= 11 is 0. The van der Waals surface area contributed by atoms with Crippen LogP contribution in [0.4, 0.5) is 0 Å². The van der Waals surface area contributed by atoms with Crippen LogP contribution < -0.4 is 0 Å². The molecule has 0 aromatic heterocycles. The minimum atomic E-state index is -0.733. The quantitative estimate of drug-likeness (QED) is 0.652. The minimum absolute atomic E-state index is 0.0764. The van der Waals surface area contributed by atoms with E-state index < -0.39 is 5.60 Å².